The van der Waals surface area contributed by atoms with E-state index in [4.69, 9.17) is 19.5 Å². The summed E-state index contributed by atoms with van der Waals surface area (Å²) in [5, 5.41) is 11.3. The number of aromatic nitrogens is 1. The van der Waals surface area contributed by atoms with Crippen molar-refractivity contribution < 1.29 is 23.4 Å². The van der Waals surface area contributed by atoms with E-state index in [1.165, 1.54) is 43.6 Å². The van der Waals surface area contributed by atoms with Crippen LogP contribution in [0, 0.1) is 17.1 Å². The quantitative estimate of drug-likeness (QED) is 0.538. The van der Waals surface area contributed by atoms with Gasteiger partial charge in [0.15, 0.2) is 18.1 Å². The maximum atomic E-state index is 12.9. The lowest BCUT2D eigenvalue weighted by atomic mass is 10.2. The summed E-state index contributed by atoms with van der Waals surface area (Å²) in [7, 11) is 1.49. The lowest BCUT2D eigenvalue weighted by Crippen LogP contribution is -2.07. The van der Waals surface area contributed by atoms with Crippen molar-refractivity contribution in [2.45, 2.75) is 0 Å². The Bertz CT molecular complexity index is 1110. The number of hydrogen-bond acceptors (Lipinski definition) is 6. The molecular weight excluding hydrogens is 401 g/mol. The van der Waals surface area contributed by atoms with Gasteiger partial charge in [0.05, 0.1) is 19.0 Å². The largest absolute Gasteiger partial charge is 0.493 e. The molecule has 0 unspecified atom stereocenters. The normalized spacial score (nSPS) is 10.4. The molecule has 3 aromatic rings. The Hall–Kier alpha value is -4.38. The van der Waals surface area contributed by atoms with Gasteiger partial charge in [-0.2, -0.15) is 5.26 Å². The van der Waals surface area contributed by atoms with Crippen molar-refractivity contribution in [1.29, 1.82) is 5.26 Å². The molecule has 1 N–H and O–H groups in total. The van der Waals surface area contributed by atoms with Gasteiger partial charge in [-0.05, 0) is 54.1 Å². The third-order valence-electron chi connectivity index (χ3n) is 3.95. The molecule has 1 heterocycles. The molecule has 2 aromatic carbocycles. The van der Waals surface area contributed by atoms with Crippen LogP contribution in [0.15, 0.2) is 66.9 Å². The second kappa shape index (κ2) is 10.4. The summed E-state index contributed by atoms with van der Waals surface area (Å²) in [6, 6.07) is 15.8. The number of rotatable bonds is 8. The summed E-state index contributed by atoms with van der Waals surface area (Å²) in [5.74, 6) is 0.961. The molecule has 0 aliphatic carbocycles. The van der Waals surface area contributed by atoms with Crippen LogP contribution >= 0.6 is 0 Å². The number of methoxy groups -OCH3 is 1. The zero-order chi connectivity index (χ0) is 22.1. The number of nitriles is 1. The fourth-order valence-corrected chi connectivity index (χ4v) is 2.51. The van der Waals surface area contributed by atoms with Gasteiger partial charge in [-0.3, -0.25) is 4.79 Å². The van der Waals surface area contributed by atoms with Crippen molar-refractivity contribution in [3.8, 4) is 29.2 Å². The van der Waals surface area contributed by atoms with Crippen molar-refractivity contribution >= 4 is 17.7 Å². The van der Waals surface area contributed by atoms with E-state index in [1.54, 1.807) is 36.4 Å². The van der Waals surface area contributed by atoms with Gasteiger partial charge in [-0.1, -0.05) is 6.07 Å². The molecule has 31 heavy (non-hydrogen) atoms. The van der Waals surface area contributed by atoms with Gasteiger partial charge >= 0.3 is 0 Å². The minimum atomic E-state index is -0.354. The molecule has 0 fully saturated rings. The molecule has 8 heteroatoms. The van der Waals surface area contributed by atoms with Crippen LogP contribution in [0.25, 0.3) is 6.08 Å². The molecule has 0 spiro atoms. The van der Waals surface area contributed by atoms with E-state index in [2.05, 4.69) is 10.3 Å². The number of pyridine rings is 1. The molecule has 0 aliphatic heterocycles. The average molecular weight is 419 g/mol. The maximum Gasteiger partial charge on any atom is 0.248 e. The second-order valence-electron chi connectivity index (χ2n) is 6.12. The summed E-state index contributed by atoms with van der Waals surface area (Å²) in [6.45, 7) is -0.0876. The Morgan fingerprint density at radius 2 is 1.97 bits per heavy atom. The van der Waals surface area contributed by atoms with E-state index < -0.39 is 0 Å². The van der Waals surface area contributed by atoms with Crippen molar-refractivity contribution in [2.24, 2.45) is 0 Å². The van der Waals surface area contributed by atoms with E-state index in [9.17, 15) is 9.18 Å². The van der Waals surface area contributed by atoms with Crippen LogP contribution in [0.5, 0.6) is 23.1 Å². The second-order valence-corrected chi connectivity index (χ2v) is 6.12. The number of ether oxygens (including phenoxy) is 3. The first-order valence-electron chi connectivity index (χ1n) is 9.13. The predicted molar refractivity (Wildman–Crippen MR) is 112 cm³/mol. The maximum absolute atomic E-state index is 12.9. The molecule has 0 radical (unpaired) electrons. The van der Waals surface area contributed by atoms with E-state index in [0.717, 1.165) is 5.56 Å². The summed E-state index contributed by atoms with van der Waals surface area (Å²) in [4.78, 5) is 16.3. The van der Waals surface area contributed by atoms with Gasteiger partial charge in [0.1, 0.15) is 17.6 Å². The summed E-state index contributed by atoms with van der Waals surface area (Å²) in [6.07, 6.45) is 4.44. The topological polar surface area (TPSA) is 93.5 Å². The van der Waals surface area contributed by atoms with Gasteiger partial charge in [0, 0.05) is 12.1 Å². The molecule has 0 aliphatic rings. The Kier molecular flexibility index (Phi) is 7.16. The number of carbonyl (C=O) groups is 1. The first kappa shape index (κ1) is 21.3. The molecule has 1 aromatic heterocycles. The number of carbonyl (C=O) groups excluding carboxylic acids is 1. The minimum absolute atomic E-state index is 0.0876. The number of benzene rings is 2. The predicted octanol–water partition coefficient (Wildman–Crippen LogP) is 4.58. The number of anilines is 1. The van der Waals surface area contributed by atoms with Crippen molar-refractivity contribution in [3.05, 3.63) is 78.3 Å². The highest BCUT2D eigenvalue weighted by Gasteiger charge is 2.06. The van der Waals surface area contributed by atoms with Crippen LogP contribution in [-0.4, -0.2) is 24.6 Å². The van der Waals surface area contributed by atoms with Gasteiger partial charge in [0.25, 0.3) is 0 Å². The summed E-state index contributed by atoms with van der Waals surface area (Å²) >= 11 is 0. The molecular formula is C23H18FN3O4. The number of hydrogen-bond donors (Lipinski definition) is 1. The first-order valence-corrected chi connectivity index (χ1v) is 9.13. The van der Waals surface area contributed by atoms with Crippen LogP contribution in [0.2, 0.25) is 0 Å². The lowest BCUT2D eigenvalue weighted by molar-refractivity contribution is -0.111. The van der Waals surface area contributed by atoms with Crippen LogP contribution in [-0.2, 0) is 4.79 Å². The fourth-order valence-electron chi connectivity index (χ4n) is 2.51. The molecule has 0 saturated carbocycles. The van der Waals surface area contributed by atoms with Gasteiger partial charge in [0.2, 0.25) is 11.8 Å². The van der Waals surface area contributed by atoms with Crippen molar-refractivity contribution in [2.75, 3.05) is 19.0 Å². The van der Waals surface area contributed by atoms with E-state index in [1.807, 2.05) is 6.07 Å². The van der Waals surface area contributed by atoms with E-state index in [-0.39, 0.29) is 18.3 Å². The number of nitrogens with one attached hydrogen (secondary N) is 1. The SMILES string of the molecule is COc1cc(/C=C/C(=O)Nc2ccc(Oc3ccc(F)cc3)nc2)ccc1OCC#N. The van der Waals surface area contributed by atoms with E-state index >= 15 is 0 Å². The minimum Gasteiger partial charge on any atom is -0.493 e. The van der Waals surface area contributed by atoms with Gasteiger partial charge in [-0.25, -0.2) is 9.37 Å². The Morgan fingerprint density at radius 1 is 1.16 bits per heavy atom. The van der Waals surface area contributed by atoms with Gasteiger partial charge in [-0.15, -0.1) is 0 Å². The van der Waals surface area contributed by atoms with Crippen LogP contribution in [0.4, 0.5) is 10.1 Å². The number of amides is 1. The highest BCUT2D eigenvalue weighted by molar-refractivity contribution is 6.01. The zero-order valence-electron chi connectivity index (χ0n) is 16.5. The average Bonchev–Trinajstić information content (AvgIpc) is 2.79. The van der Waals surface area contributed by atoms with Crippen LogP contribution in [0.3, 0.4) is 0 Å². The monoisotopic (exact) mass is 419 g/mol. The van der Waals surface area contributed by atoms with Crippen molar-refractivity contribution in [1.82, 2.24) is 4.98 Å². The Labute approximate surface area is 178 Å². The molecule has 0 saturated heterocycles. The first-order chi connectivity index (χ1) is 15.1. The fraction of sp³-hybridized carbons (Fsp3) is 0.0870. The Balaban J connectivity index is 1.58. The van der Waals surface area contributed by atoms with Crippen LogP contribution < -0.4 is 19.5 Å². The molecule has 0 bridgehead atoms. The standard InChI is InChI=1S/C23H18FN3O4/c1-29-21-14-16(2-9-20(21)30-13-12-25)3-10-22(28)27-18-6-11-23(26-15-18)31-19-7-4-17(24)5-8-19/h2-11,14-15H,13H2,1H3,(H,27,28)/b10-3+. The third-order valence-corrected chi connectivity index (χ3v) is 3.95. The zero-order valence-corrected chi connectivity index (χ0v) is 16.5. The summed E-state index contributed by atoms with van der Waals surface area (Å²) in [5.41, 5.74) is 1.21. The van der Waals surface area contributed by atoms with Crippen LogP contribution in [0.1, 0.15) is 5.56 Å². The molecule has 7 nitrogen and oxygen atoms in total. The number of nitrogens with zero attached hydrogens (tertiary/aromatic N) is 2. The molecule has 3 rings (SSSR count). The molecule has 1 amide bonds. The number of halogens is 1. The van der Waals surface area contributed by atoms with Gasteiger partial charge < -0.3 is 19.5 Å². The van der Waals surface area contributed by atoms with Crippen molar-refractivity contribution in [3.63, 3.8) is 0 Å². The molecule has 0 atom stereocenters. The van der Waals surface area contributed by atoms with E-state index in [0.29, 0.717) is 28.8 Å². The summed E-state index contributed by atoms with van der Waals surface area (Å²) < 4.78 is 28.9. The molecule has 156 valence electrons. The smallest absolute Gasteiger partial charge is 0.248 e. The highest BCUT2D eigenvalue weighted by Crippen LogP contribution is 2.28. The third kappa shape index (κ3) is 6.30. The Morgan fingerprint density at radius 3 is 2.65 bits per heavy atom. The lowest BCUT2D eigenvalue weighted by Gasteiger charge is -2.09. The highest BCUT2D eigenvalue weighted by atomic mass is 19.1.